The summed E-state index contributed by atoms with van der Waals surface area (Å²) in [5.74, 6) is 1.61. The highest BCUT2D eigenvalue weighted by Gasteiger charge is 2.12. The van der Waals surface area contributed by atoms with Crippen LogP contribution in [0.1, 0.15) is 17.0 Å². The molecule has 0 fully saturated rings. The molecule has 0 radical (unpaired) electrons. The second kappa shape index (κ2) is 7.15. The fourth-order valence-electron chi connectivity index (χ4n) is 2.89. The highest BCUT2D eigenvalue weighted by Crippen LogP contribution is 2.27. The molecule has 0 aliphatic carbocycles. The van der Waals surface area contributed by atoms with E-state index in [0.29, 0.717) is 0 Å². The van der Waals surface area contributed by atoms with E-state index in [-0.39, 0.29) is 0 Å². The van der Waals surface area contributed by atoms with Crippen molar-refractivity contribution < 1.29 is 4.52 Å². The first-order chi connectivity index (χ1) is 12.3. The molecule has 4 aromatic rings. The molecule has 2 aromatic heterocycles. The third-order valence-electron chi connectivity index (χ3n) is 4.11. The van der Waals surface area contributed by atoms with Crippen LogP contribution in [0.15, 0.2) is 70.3 Å². The SMILES string of the molecule is Cc1cc(CSc2nc3ccccc3n2CCc2ccccc2)on1. The fourth-order valence-corrected chi connectivity index (χ4v) is 3.80. The van der Waals surface area contributed by atoms with Gasteiger partial charge in [-0.05, 0) is 31.0 Å². The molecule has 0 aliphatic rings. The molecule has 4 nitrogen and oxygen atoms in total. The molecule has 25 heavy (non-hydrogen) atoms. The van der Waals surface area contributed by atoms with Crippen LogP contribution in [0, 0.1) is 6.92 Å². The zero-order valence-corrected chi connectivity index (χ0v) is 14.9. The van der Waals surface area contributed by atoms with Crippen LogP contribution < -0.4 is 0 Å². The summed E-state index contributed by atoms with van der Waals surface area (Å²) in [6.07, 6.45) is 0.982. The second-order valence-electron chi connectivity index (χ2n) is 5.99. The molecule has 0 atom stereocenters. The van der Waals surface area contributed by atoms with Crippen LogP contribution in [0.3, 0.4) is 0 Å². The summed E-state index contributed by atoms with van der Waals surface area (Å²) in [5, 5.41) is 4.97. The predicted octanol–water partition coefficient (Wildman–Crippen LogP) is 4.87. The number of aryl methyl sites for hydroxylation is 3. The number of aromatic nitrogens is 3. The largest absolute Gasteiger partial charge is 0.360 e. The maximum atomic E-state index is 5.32. The zero-order valence-electron chi connectivity index (χ0n) is 14.1. The third kappa shape index (κ3) is 3.61. The Hall–Kier alpha value is -2.53. The van der Waals surface area contributed by atoms with Gasteiger partial charge in [-0.3, -0.25) is 0 Å². The molecule has 126 valence electrons. The Labute approximate surface area is 150 Å². The average molecular weight is 349 g/mol. The van der Waals surface area contributed by atoms with Crippen molar-refractivity contribution in [2.75, 3.05) is 0 Å². The molecule has 5 heteroatoms. The van der Waals surface area contributed by atoms with E-state index in [1.165, 1.54) is 11.1 Å². The topological polar surface area (TPSA) is 43.9 Å². The van der Waals surface area contributed by atoms with Gasteiger partial charge in [0, 0.05) is 12.6 Å². The van der Waals surface area contributed by atoms with Gasteiger partial charge in [0.1, 0.15) is 5.76 Å². The molecule has 0 N–H and O–H groups in total. The smallest absolute Gasteiger partial charge is 0.169 e. The molecule has 0 amide bonds. The molecular weight excluding hydrogens is 330 g/mol. The lowest BCUT2D eigenvalue weighted by Gasteiger charge is -2.08. The molecule has 2 heterocycles. The van der Waals surface area contributed by atoms with E-state index in [9.17, 15) is 0 Å². The Bertz CT molecular complexity index is 975. The number of fused-ring (bicyclic) bond motifs is 1. The van der Waals surface area contributed by atoms with Crippen molar-refractivity contribution in [2.45, 2.75) is 30.8 Å². The van der Waals surface area contributed by atoms with Gasteiger partial charge in [0.05, 0.1) is 22.5 Å². The number of imidazole rings is 1. The molecule has 0 aliphatic heterocycles. The van der Waals surface area contributed by atoms with E-state index in [4.69, 9.17) is 9.51 Å². The lowest BCUT2D eigenvalue weighted by molar-refractivity contribution is 0.391. The number of hydrogen-bond acceptors (Lipinski definition) is 4. The summed E-state index contributed by atoms with van der Waals surface area (Å²) in [4.78, 5) is 4.81. The van der Waals surface area contributed by atoms with Gasteiger partial charge in [0.25, 0.3) is 0 Å². The highest BCUT2D eigenvalue weighted by molar-refractivity contribution is 7.98. The molecule has 0 saturated carbocycles. The number of benzene rings is 2. The lowest BCUT2D eigenvalue weighted by Crippen LogP contribution is -2.03. The van der Waals surface area contributed by atoms with Crippen molar-refractivity contribution in [1.29, 1.82) is 0 Å². The van der Waals surface area contributed by atoms with E-state index in [1.807, 2.05) is 19.1 Å². The van der Waals surface area contributed by atoms with Gasteiger partial charge in [-0.2, -0.15) is 0 Å². The number of hydrogen-bond donors (Lipinski definition) is 0. The van der Waals surface area contributed by atoms with Gasteiger partial charge >= 0.3 is 0 Å². The molecule has 0 saturated heterocycles. The van der Waals surface area contributed by atoms with E-state index >= 15 is 0 Å². The quantitative estimate of drug-likeness (QED) is 0.466. The summed E-state index contributed by atoms with van der Waals surface area (Å²) in [6.45, 7) is 2.84. The van der Waals surface area contributed by atoms with Crippen molar-refractivity contribution in [3.63, 3.8) is 0 Å². The first-order valence-corrected chi connectivity index (χ1v) is 9.32. The van der Waals surface area contributed by atoms with Crippen molar-refractivity contribution in [1.82, 2.24) is 14.7 Å². The van der Waals surface area contributed by atoms with E-state index < -0.39 is 0 Å². The molecule has 2 aromatic carbocycles. The zero-order chi connectivity index (χ0) is 17.1. The highest BCUT2D eigenvalue weighted by atomic mass is 32.2. The first kappa shape index (κ1) is 16.0. The van der Waals surface area contributed by atoms with Crippen LogP contribution in [0.5, 0.6) is 0 Å². The standard InChI is InChI=1S/C20H19N3OS/c1-15-13-17(24-22-15)14-25-20-21-18-9-5-6-10-19(18)23(20)12-11-16-7-3-2-4-8-16/h2-10,13H,11-12,14H2,1H3. The Morgan fingerprint density at radius 2 is 1.84 bits per heavy atom. The maximum Gasteiger partial charge on any atom is 0.169 e. The number of nitrogens with zero attached hydrogens (tertiary/aromatic N) is 3. The van der Waals surface area contributed by atoms with Gasteiger partial charge in [0.15, 0.2) is 5.16 Å². The number of rotatable bonds is 6. The van der Waals surface area contributed by atoms with E-state index in [2.05, 4.69) is 58.3 Å². The lowest BCUT2D eigenvalue weighted by atomic mass is 10.1. The fraction of sp³-hybridized carbons (Fsp3) is 0.200. The first-order valence-electron chi connectivity index (χ1n) is 8.34. The molecule has 0 spiro atoms. The van der Waals surface area contributed by atoms with Gasteiger partial charge in [-0.15, -0.1) is 0 Å². The molecule has 0 unspecified atom stereocenters. The minimum absolute atomic E-state index is 0.732. The predicted molar refractivity (Wildman–Crippen MR) is 101 cm³/mol. The van der Waals surface area contributed by atoms with Gasteiger partial charge < -0.3 is 9.09 Å². The summed E-state index contributed by atoms with van der Waals surface area (Å²) < 4.78 is 7.62. The minimum atomic E-state index is 0.732. The summed E-state index contributed by atoms with van der Waals surface area (Å²) in [6, 6.07) is 20.8. The Kier molecular flexibility index (Phi) is 4.57. The normalized spacial score (nSPS) is 11.2. The number of thioether (sulfide) groups is 1. The van der Waals surface area contributed by atoms with Crippen LogP contribution in [-0.2, 0) is 18.7 Å². The van der Waals surface area contributed by atoms with Gasteiger partial charge in [-0.1, -0.05) is 59.4 Å². The van der Waals surface area contributed by atoms with Crippen LogP contribution in [0.25, 0.3) is 11.0 Å². The van der Waals surface area contributed by atoms with Gasteiger partial charge in [-0.25, -0.2) is 4.98 Å². The summed E-state index contributed by atoms with van der Waals surface area (Å²) in [5.41, 5.74) is 4.46. The Morgan fingerprint density at radius 3 is 2.64 bits per heavy atom. The van der Waals surface area contributed by atoms with Crippen LogP contribution in [0.2, 0.25) is 0 Å². The van der Waals surface area contributed by atoms with Crippen molar-refractivity contribution >= 4 is 22.8 Å². The molecule has 0 bridgehead atoms. The second-order valence-corrected chi connectivity index (χ2v) is 6.94. The Morgan fingerprint density at radius 1 is 1.04 bits per heavy atom. The van der Waals surface area contributed by atoms with Gasteiger partial charge in [0.2, 0.25) is 0 Å². The monoisotopic (exact) mass is 349 g/mol. The minimum Gasteiger partial charge on any atom is -0.360 e. The summed E-state index contributed by atoms with van der Waals surface area (Å²) >= 11 is 1.69. The average Bonchev–Trinajstić information content (AvgIpc) is 3.22. The van der Waals surface area contributed by atoms with Crippen molar-refractivity contribution in [3.05, 3.63) is 77.7 Å². The Balaban J connectivity index is 1.58. The van der Waals surface area contributed by atoms with E-state index in [1.54, 1.807) is 11.8 Å². The van der Waals surface area contributed by atoms with Crippen molar-refractivity contribution in [3.8, 4) is 0 Å². The van der Waals surface area contributed by atoms with Crippen LogP contribution in [0.4, 0.5) is 0 Å². The summed E-state index contributed by atoms with van der Waals surface area (Å²) in [7, 11) is 0. The molecular formula is C20H19N3OS. The molecule has 4 rings (SSSR count). The van der Waals surface area contributed by atoms with Crippen molar-refractivity contribution in [2.24, 2.45) is 0 Å². The van der Waals surface area contributed by atoms with E-state index in [0.717, 1.165) is 40.8 Å². The maximum absolute atomic E-state index is 5.32. The van der Waals surface area contributed by atoms with Crippen LogP contribution in [-0.4, -0.2) is 14.7 Å². The third-order valence-corrected chi connectivity index (χ3v) is 5.11. The number of para-hydroxylation sites is 2. The van der Waals surface area contributed by atoms with Crippen LogP contribution >= 0.6 is 11.8 Å².